The lowest BCUT2D eigenvalue weighted by molar-refractivity contribution is -0.127. The Labute approximate surface area is 175 Å². The summed E-state index contributed by atoms with van der Waals surface area (Å²) < 4.78 is 5.87. The summed E-state index contributed by atoms with van der Waals surface area (Å²) in [6.07, 6.45) is -0.541. The Balaban J connectivity index is 1.75. The van der Waals surface area contributed by atoms with Gasteiger partial charge in [-0.3, -0.25) is 4.79 Å². The van der Waals surface area contributed by atoms with Crippen molar-refractivity contribution < 1.29 is 9.53 Å². The van der Waals surface area contributed by atoms with Crippen LogP contribution in [0.2, 0.25) is 10.0 Å². The molecule has 1 N–H and O–H groups in total. The first kappa shape index (κ1) is 21.9. The highest BCUT2D eigenvalue weighted by Gasteiger charge is 2.16. The largest absolute Gasteiger partial charge is 0.481 e. The molecule has 0 fully saturated rings. The summed E-state index contributed by atoms with van der Waals surface area (Å²) in [4.78, 5) is 12.3. The van der Waals surface area contributed by atoms with Gasteiger partial charge in [0.25, 0.3) is 5.91 Å². The van der Waals surface area contributed by atoms with Crippen molar-refractivity contribution >= 4 is 40.9 Å². The molecule has 0 aliphatic rings. The molecule has 146 valence electrons. The quantitative estimate of drug-likeness (QED) is 0.548. The van der Waals surface area contributed by atoms with E-state index < -0.39 is 6.10 Å². The maximum atomic E-state index is 12.3. The highest BCUT2D eigenvalue weighted by Crippen LogP contribution is 2.25. The van der Waals surface area contributed by atoms with Crippen LogP contribution in [0.1, 0.15) is 29.2 Å². The average Bonchev–Trinajstić information content (AvgIpc) is 2.60. The number of rotatable bonds is 8. The van der Waals surface area contributed by atoms with Crippen LogP contribution in [0, 0.1) is 20.8 Å². The second kappa shape index (κ2) is 10.3. The molecule has 0 spiro atoms. The third kappa shape index (κ3) is 6.63. The lowest BCUT2D eigenvalue weighted by Gasteiger charge is -2.18. The lowest BCUT2D eigenvalue weighted by atomic mass is 10.1. The van der Waals surface area contributed by atoms with Gasteiger partial charge in [0.1, 0.15) is 5.75 Å². The number of carbonyl (C=O) groups excluding carboxylic acids is 1. The number of amides is 1. The van der Waals surface area contributed by atoms with Crippen LogP contribution in [0.4, 0.5) is 0 Å². The molecular weight excluding hydrogens is 401 g/mol. The summed E-state index contributed by atoms with van der Waals surface area (Å²) in [6, 6.07) is 9.58. The van der Waals surface area contributed by atoms with Crippen molar-refractivity contribution in [3.8, 4) is 5.75 Å². The fourth-order valence-corrected chi connectivity index (χ4v) is 4.00. The Hall–Kier alpha value is -1.36. The molecule has 2 aromatic carbocycles. The molecule has 3 nitrogen and oxygen atoms in total. The van der Waals surface area contributed by atoms with Gasteiger partial charge in [-0.1, -0.05) is 35.3 Å². The second-order valence-corrected chi connectivity index (χ2v) is 8.49. The maximum absolute atomic E-state index is 12.3. The smallest absolute Gasteiger partial charge is 0.260 e. The van der Waals surface area contributed by atoms with Crippen LogP contribution in [-0.4, -0.2) is 24.3 Å². The number of carbonyl (C=O) groups is 1. The van der Waals surface area contributed by atoms with Crippen molar-refractivity contribution in [2.24, 2.45) is 0 Å². The molecule has 0 bridgehead atoms. The number of benzene rings is 2. The van der Waals surface area contributed by atoms with E-state index in [4.69, 9.17) is 27.9 Å². The van der Waals surface area contributed by atoms with Gasteiger partial charge in [-0.15, -0.1) is 0 Å². The zero-order valence-electron chi connectivity index (χ0n) is 16.1. The maximum Gasteiger partial charge on any atom is 0.260 e. The molecule has 2 aromatic rings. The monoisotopic (exact) mass is 425 g/mol. The van der Waals surface area contributed by atoms with E-state index in [0.29, 0.717) is 16.6 Å². The van der Waals surface area contributed by atoms with Crippen molar-refractivity contribution in [2.45, 2.75) is 39.6 Å². The van der Waals surface area contributed by atoms with Crippen LogP contribution in [0.5, 0.6) is 5.75 Å². The fraction of sp³-hybridized carbons (Fsp3) is 0.381. The first-order valence-corrected chi connectivity index (χ1v) is 10.7. The molecule has 2 rings (SSSR count). The molecule has 0 aliphatic heterocycles. The van der Waals surface area contributed by atoms with E-state index in [1.54, 1.807) is 24.8 Å². The standard InChI is InChI=1S/C21H25Cl2NO2S/c1-13-9-14(2)15(3)20(10-13)26-16(4)21(25)24-7-8-27-12-17-5-6-18(22)11-19(17)23/h5-6,9-11,16H,7-8,12H2,1-4H3,(H,24,25)/t16-/m0/s1. The van der Waals surface area contributed by atoms with Crippen LogP contribution in [0.3, 0.4) is 0 Å². The predicted octanol–water partition coefficient (Wildman–Crippen LogP) is 5.74. The van der Waals surface area contributed by atoms with Gasteiger partial charge < -0.3 is 10.1 Å². The van der Waals surface area contributed by atoms with Crippen LogP contribution < -0.4 is 10.1 Å². The fourth-order valence-electron chi connectivity index (χ4n) is 2.58. The first-order chi connectivity index (χ1) is 12.8. The lowest BCUT2D eigenvalue weighted by Crippen LogP contribution is -2.37. The Morgan fingerprint density at radius 1 is 1.19 bits per heavy atom. The van der Waals surface area contributed by atoms with Crippen molar-refractivity contribution in [3.63, 3.8) is 0 Å². The van der Waals surface area contributed by atoms with Gasteiger partial charge >= 0.3 is 0 Å². The Morgan fingerprint density at radius 3 is 2.63 bits per heavy atom. The zero-order chi connectivity index (χ0) is 20.0. The second-order valence-electron chi connectivity index (χ2n) is 6.54. The van der Waals surface area contributed by atoms with Gasteiger partial charge in [0.15, 0.2) is 6.10 Å². The van der Waals surface area contributed by atoms with E-state index in [0.717, 1.165) is 39.5 Å². The van der Waals surface area contributed by atoms with E-state index in [-0.39, 0.29) is 5.91 Å². The number of ether oxygens (including phenoxy) is 1. The third-order valence-corrected chi connectivity index (χ3v) is 5.85. The molecule has 0 aromatic heterocycles. The average molecular weight is 426 g/mol. The first-order valence-electron chi connectivity index (χ1n) is 8.82. The molecule has 6 heteroatoms. The molecule has 1 atom stereocenters. The minimum atomic E-state index is -0.541. The normalized spacial score (nSPS) is 11.9. The molecule has 0 radical (unpaired) electrons. The topological polar surface area (TPSA) is 38.3 Å². The van der Waals surface area contributed by atoms with Crippen LogP contribution >= 0.6 is 35.0 Å². The van der Waals surface area contributed by atoms with E-state index in [2.05, 4.69) is 11.4 Å². The summed E-state index contributed by atoms with van der Waals surface area (Å²) in [6.45, 7) is 8.42. The van der Waals surface area contributed by atoms with Crippen LogP contribution in [0.25, 0.3) is 0 Å². The van der Waals surface area contributed by atoms with Gasteiger partial charge in [0, 0.05) is 28.1 Å². The van der Waals surface area contributed by atoms with Gasteiger partial charge in [0.2, 0.25) is 0 Å². The number of hydrogen-bond donors (Lipinski definition) is 1. The highest BCUT2D eigenvalue weighted by molar-refractivity contribution is 7.98. The summed E-state index contributed by atoms with van der Waals surface area (Å²) in [5.74, 6) is 2.22. The van der Waals surface area contributed by atoms with Crippen LogP contribution in [0.15, 0.2) is 30.3 Å². The molecule has 0 saturated heterocycles. The summed E-state index contributed by atoms with van der Waals surface area (Å²) >= 11 is 13.8. The van der Waals surface area contributed by atoms with Crippen molar-refractivity contribution in [2.75, 3.05) is 12.3 Å². The SMILES string of the molecule is Cc1cc(C)c(C)c(O[C@@H](C)C(=O)NCCSCc2ccc(Cl)cc2Cl)c1. The number of halogens is 2. The third-order valence-electron chi connectivity index (χ3n) is 4.26. The molecule has 1 amide bonds. The van der Waals surface area contributed by atoms with E-state index in [1.165, 1.54) is 0 Å². The molecule has 0 saturated carbocycles. The molecule has 27 heavy (non-hydrogen) atoms. The Morgan fingerprint density at radius 2 is 1.93 bits per heavy atom. The van der Waals surface area contributed by atoms with Crippen LogP contribution in [-0.2, 0) is 10.5 Å². The Kier molecular flexibility index (Phi) is 8.33. The summed E-state index contributed by atoms with van der Waals surface area (Å²) in [5, 5.41) is 4.23. The van der Waals surface area contributed by atoms with Gasteiger partial charge in [-0.25, -0.2) is 0 Å². The van der Waals surface area contributed by atoms with Crippen molar-refractivity contribution in [1.82, 2.24) is 5.32 Å². The van der Waals surface area contributed by atoms with E-state index in [1.807, 2.05) is 39.0 Å². The minimum Gasteiger partial charge on any atom is -0.481 e. The van der Waals surface area contributed by atoms with Gasteiger partial charge in [0.05, 0.1) is 0 Å². The number of hydrogen-bond acceptors (Lipinski definition) is 3. The summed E-state index contributed by atoms with van der Waals surface area (Å²) in [5.41, 5.74) is 4.39. The summed E-state index contributed by atoms with van der Waals surface area (Å²) in [7, 11) is 0. The van der Waals surface area contributed by atoms with E-state index >= 15 is 0 Å². The minimum absolute atomic E-state index is 0.112. The molecule has 0 aliphatic carbocycles. The molecule has 0 unspecified atom stereocenters. The van der Waals surface area contributed by atoms with E-state index in [9.17, 15) is 4.79 Å². The molecule has 0 heterocycles. The van der Waals surface area contributed by atoms with Gasteiger partial charge in [-0.2, -0.15) is 11.8 Å². The zero-order valence-corrected chi connectivity index (χ0v) is 18.4. The highest BCUT2D eigenvalue weighted by atomic mass is 35.5. The predicted molar refractivity (Wildman–Crippen MR) is 116 cm³/mol. The Bertz CT molecular complexity index is 811. The number of thioether (sulfide) groups is 1. The van der Waals surface area contributed by atoms with Crippen molar-refractivity contribution in [3.05, 3.63) is 62.6 Å². The van der Waals surface area contributed by atoms with Crippen molar-refractivity contribution in [1.29, 1.82) is 0 Å². The van der Waals surface area contributed by atoms with Gasteiger partial charge in [-0.05, 0) is 68.1 Å². The number of nitrogens with one attached hydrogen (secondary N) is 1. The molecular formula is C21H25Cl2NO2S. The number of aryl methyl sites for hydroxylation is 2.